The van der Waals surface area contributed by atoms with Gasteiger partial charge in [-0.2, -0.15) is 10.1 Å². The third kappa shape index (κ3) is 3.81. The molecule has 24 heavy (non-hydrogen) atoms. The molecule has 0 amide bonds. The molecule has 0 radical (unpaired) electrons. The van der Waals surface area contributed by atoms with Crippen LogP contribution < -0.4 is 10.6 Å². The first-order valence-corrected chi connectivity index (χ1v) is 9.81. The summed E-state index contributed by atoms with van der Waals surface area (Å²) in [5, 5.41) is 14.3. The van der Waals surface area contributed by atoms with Crippen molar-refractivity contribution in [3.05, 3.63) is 35.5 Å². The molecular formula is C16H21N5O2S. The summed E-state index contributed by atoms with van der Waals surface area (Å²) in [4.78, 5) is 4.41. The fraction of sp³-hybridized carbons (Fsp3) is 0.438. The minimum Gasteiger partial charge on any atom is -0.349 e. The third-order valence-electron chi connectivity index (χ3n) is 4.12. The molecule has 3 rings (SSSR count). The van der Waals surface area contributed by atoms with Gasteiger partial charge in [0.2, 0.25) is 5.95 Å². The molecule has 1 fully saturated rings. The van der Waals surface area contributed by atoms with E-state index in [9.17, 15) is 8.42 Å². The van der Waals surface area contributed by atoms with Gasteiger partial charge in [0.15, 0.2) is 15.7 Å². The van der Waals surface area contributed by atoms with Crippen molar-refractivity contribution < 1.29 is 8.42 Å². The van der Waals surface area contributed by atoms with E-state index in [4.69, 9.17) is 0 Å². The smallest absolute Gasteiger partial charge is 0.244 e. The topological polar surface area (TPSA) is 96.9 Å². The molecular weight excluding hydrogens is 326 g/mol. The second-order valence-corrected chi connectivity index (χ2v) is 8.23. The van der Waals surface area contributed by atoms with Crippen LogP contribution in [0, 0.1) is 6.92 Å². The highest BCUT2D eigenvalue weighted by molar-refractivity contribution is 7.91. The van der Waals surface area contributed by atoms with Crippen molar-refractivity contribution in [3.8, 4) is 0 Å². The molecule has 128 valence electrons. The van der Waals surface area contributed by atoms with E-state index >= 15 is 0 Å². The average Bonchev–Trinajstić information content (AvgIpc) is 2.88. The van der Waals surface area contributed by atoms with E-state index in [0.717, 1.165) is 17.7 Å². The summed E-state index contributed by atoms with van der Waals surface area (Å²) in [5.74, 6) is 1.25. The molecule has 7 nitrogen and oxygen atoms in total. The number of rotatable bonds is 5. The molecule has 0 bridgehead atoms. The van der Waals surface area contributed by atoms with Gasteiger partial charge in [-0.1, -0.05) is 25.1 Å². The molecule has 1 aromatic heterocycles. The molecule has 0 saturated carbocycles. The van der Waals surface area contributed by atoms with E-state index in [1.807, 2.05) is 19.1 Å². The highest BCUT2D eigenvalue weighted by Gasteiger charge is 2.28. The van der Waals surface area contributed by atoms with Crippen LogP contribution in [0.25, 0.3) is 0 Å². The molecule has 1 aromatic carbocycles. The van der Waals surface area contributed by atoms with Gasteiger partial charge in [-0.05, 0) is 30.9 Å². The zero-order chi connectivity index (χ0) is 17.2. The lowest BCUT2D eigenvalue weighted by Gasteiger charge is -2.14. The van der Waals surface area contributed by atoms with Gasteiger partial charge in [0.05, 0.1) is 17.7 Å². The molecule has 8 heteroatoms. The molecule has 1 unspecified atom stereocenters. The number of nitrogens with zero attached hydrogens (tertiary/aromatic N) is 3. The second-order valence-electron chi connectivity index (χ2n) is 6.00. The van der Waals surface area contributed by atoms with Crippen LogP contribution in [0.5, 0.6) is 0 Å². The van der Waals surface area contributed by atoms with Gasteiger partial charge >= 0.3 is 0 Å². The van der Waals surface area contributed by atoms with Crippen LogP contribution in [0.4, 0.5) is 17.5 Å². The maximum Gasteiger partial charge on any atom is 0.244 e. The van der Waals surface area contributed by atoms with E-state index in [-0.39, 0.29) is 17.5 Å². The van der Waals surface area contributed by atoms with Crippen molar-refractivity contribution >= 4 is 27.3 Å². The highest BCUT2D eigenvalue weighted by Crippen LogP contribution is 2.24. The van der Waals surface area contributed by atoms with Crippen LogP contribution in [-0.4, -0.2) is 41.1 Å². The number of nitrogens with one attached hydrogen (secondary N) is 2. The lowest BCUT2D eigenvalue weighted by molar-refractivity contribution is 0.602. The van der Waals surface area contributed by atoms with Crippen molar-refractivity contribution in [2.45, 2.75) is 32.7 Å². The van der Waals surface area contributed by atoms with Crippen LogP contribution in [0.15, 0.2) is 24.4 Å². The monoisotopic (exact) mass is 347 g/mol. The van der Waals surface area contributed by atoms with Gasteiger partial charge in [0.25, 0.3) is 0 Å². The number of para-hydroxylation sites is 1. The van der Waals surface area contributed by atoms with Gasteiger partial charge in [-0.25, -0.2) is 8.42 Å². The number of anilines is 3. The SMILES string of the molecule is CCc1cccc(C)c1Nc1cnnc(NC2CCS(=O)(=O)C2)n1. The van der Waals surface area contributed by atoms with Crippen molar-refractivity contribution in [1.29, 1.82) is 0 Å². The van der Waals surface area contributed by atoms with Gasteiger partial charge in [0, 0.05) is 11.7 Å². The standard InChI is InChI=1S/C16H21N5O2S/c1-3-12-6-4-5-11(2)15(12)19-14-9-17-21-16(20-14)18-13-7-8-24(22,23)10-13/h4-6,9,13H,3,7-8,10H2,1-2H3,(H2,18,19,20,21). The summed E-state index contributed by atoms with van der Waals surface area (Å²) in [6.45, 7) is 4.14. The zero-order valence-corrected chi connectivity index (χ0v) is 14.6. The molecule has 0 spiro atoms. The highest BCUT2D eigenvalue weighted by atomic mass is 32.2. The summed E-state index contributed by atoms with van der Waals surface area (Å²) < 4.78 is 23.1. The van der Waals surface area contributed by atoms with Crippen LogP contribution in [0.2, 0.25) is 0 Å². The van der Waals surface area contributed by atoms with Crippen molar-refractivity contribution in [1.82, 2.24) is 15.2 Å². The summed E-state index contributed by atoms with van der Waals surface area (Å²) in [5.41, 5.74) is 3.35. The van der Waals surface area contributed by atoms with Crippen molar-refractivity contribution in [2.24, 2.45) is 0 Å². The number of aryl methyl sites for hydroxylation is 2. The van der Waals surface area contributed by atoms with Crippen molar-refractivity contribution in [2.75, 3.05) is 22.1 Å². The summed E-state index contributed by atoms with van der Waals surface area (Å²) >= 11 is 0. The molecule has 1 saturated heterocycles. The van der Waals surface area contributed by atoms with Crippen LogP contribution in [0.3, 0.4) is 0 Å². The summed E-state index contributed by atoms with van der Waals surface area (Å²) in [6, 6.07) is 5.99. The number of hydrogen-bond donors (Lipinski definition) is 2. The van der Waals surface area contributed by atoms with E-state index in [1.165, 1.54) is 5.56 Å². The maximum atomic E-state index is 11.5. The Kier molecular flexibility index (Phi) is 4.66. The molecule has 2 heterocycles. The van der Waals surface area contributed by atoms with Gasteiger partial charge in [-0.3, -0.25) is 0 Å². The maximum absolute atomic E-state index is 11.5. The minimum atomic E-state index is -2.94. The first kappa shape index (κ1) is 16.6. The molecule has 1 aliphatic heterocycles. The third-order valence-corrected chi connectivity index (χ3v) is 5.89. The Morgan fingerprint density at radius 2 is 2.17 bits per heavy atom. The average molecular weight is 347 g/mol. The first-order chi connectivity index (χ1) is 11.5. The normalized spacial score (nSPS) is 19.2. The molecule has 2 N–H and O–H groups in total. The largest absolute Gasteiger partial charge is 0.349 e. The molecule has 1 atom stereocenters. The summed E-state index contributed by atoms with van der Waals surface area (Å²) in [7, 11) is -2.94. The minimum absolute atomic E-state index is 0.117. The Hall–Kier alpha value is -2.22. The zero-order valence-electron chi connectivity index (χ0n) is 13.8. The first-order valence-electron chi connectivity index (χ1n) is 7.99. The number of benzene rings is 1. The predicted octanol–water partition coefficient (Wildman–Crippen LogP) is 2.09. The van der Waals surface area contributed by atoms with Gasteiger partial charge in [0.1, 0.15) is 0 Å². The van der Waals surface area contributed by atoms with Gasteiger partial charge in [-0.15, -0.1) is 5.10 Å². The molecule has 2 aromatic rings. The Labute approximate surface area is 141 Å². The lowest BCUT2D eigenvalue weighted by Crippen LogP contribution is -2.22. The van der Waals surface area contributed by atoms with Crippen LogP contribution >= 0.6 is 0 Å². The Bertz CT molecular complexity index is 838. The molecule has 0 aliphatic carbocycles. The van der Waals surface area contributed by atoms with Gasteiger partial charge < -0.3 is 10.6 Å². The lowest BCUT2D eigenvalue weighted by atomic mass is 10.1. The van der Waals surface area contributed by atoms with Crippen LogP contribution in [0.1, 0.15) is 24.5 Å². The van der Waals surface area contributed by atoms with Crippen LogP contribution in [-0.2, 0) is 16.3 Å². The fourth-order valence-corrected chi connectivity index (χ4v) is 4.52. The van der Waals surface area contributed by atoms with E-state index in [0.29, 0.717) is 18.2 Å². The van der Waals surface area contributed by atoms with E-state index < -0.39 is 9.84 Å². The Morgan fingerprint density at radius 1 is 1.33 bits per heavy atom. The number of hydrogen-bond acceptors (Lipinski definition) is 7. The van der Waals surface area contributed by atoms with E-state index in [1.54, 1.807) is 6.20 Å². The summed E-state index contributed by atoms with van der Waals surface area (Å²) in [6.07, 6.45) is 3.04. The number of aromatic nitrogens is 3. The van der Waals surface area contributed by atoms with Crippen molar-refractivity contribution in [3.63, 3.8) is 0 Å². The fourth-order valence-electron chi connectivity index (χ4n) is 2.85. The molecule has 1 aliphatic rings. The Balaban J connectivity index is 1.77. The second kappa shape index (κ2) is 6.72. The number of sulfone groups is 1. The van der Waals surface area contributed by atoms with E-state index in [2.05, 4.69) is 38.8 Å². The Morgan fingerprint density at radius 3 is 2.88 bits per heavy atom. The quantitative estimate of drug-likeness (QED) is 0.854. The predicted molar refractivity (Wildman–Crippen MR) is 94.3 cm³/mol.